The van der Waals surface area contributed by atoms with Crippen LogP contribution in [0.5, 0.6) is 0 Å². The molecule has 90 valence electrons. The van der Waals surface area contributed by atoms with Gasteiger partial charge >= 0.3 is 0 Å². The summed E-state index contributed by atoms with van der Waals surface area (Å²) in [4.78, 5) is 7.34. The maximum Gasteiger partial charge on any atom is 0.272 e. The molecule has 0 amide bonds. The number of halogens is 2. The highest BCUT2D eigenvalue weighted by Crippen LogP contribution is 2.28. The minimum atomic E-state index is -3.67. The van der Waals surface area contributed by atoms with Crippen LogP contribution in [0.2, 0.25) is 10.2 Å². The van der Waals surface area contributed by atoms with E-state index in [0.29, 0.717) is 0 Å². The van der Waals surface area contributed by atoms with Crippen LogP contribution in [0.25, 0.3) is 0 Å². The van der Waals surface area contributed by atoms with Crippen molar-refractivity contribution in [2.24, 2.45) is 0 Å². The van der Waals surface area contributed by atoms with Gasteiger partial charge in [-0.25, -0.2) is 18.4 Å². The minimum Gasteiger partial charge on any atom is -0.261 e. The third kappa shape index (κ3) is 2.68. The third-order valence-corrected chi connectivity index (χ3v) is 5.22. The molecule has 2 aromatic heterocycles. The first-order chi connectivity index (χ1) is 8.00. The predicted molar refractivity (Wildman–Crippen MR) is 67.2 cm³/mol. The molecular formula is C8H5Cl2N3O2S2. The van der Waals surface area contributed by atoms with Crippen molar-refractivity contribution < 1.29 is 8.42 Å². The van der Waals surface area contributed by atoms with Gasteiger partial charge in [-0.05, 0) is 11.4 Å². The van der Waals surface area contributed by atoms with Gasteiger partial charge in [0, 0.05) is 0 Å². The Morgan fingerprint density at radius 1 is 1.29 bits per heavy atom. The Balaban J connectivity index is 2.37. The summed E-state index contributed by atoms with van der Waals surface area (Å²) in [6.07, 6.45) is 1.13. The lowest BCUT2D eigenvalue weighted by molar-refractivity contribution is 0.603. The number of thiophene rings is 1. The fraction of sp³-hybridized carbons (Fsp3) is 0. The molecule has 2 aromatic rings. The topological polar surface area (TPSA) is 72.0 Å². The lowest BCUT2D eigenvalue weighted by Gasteiger charge is -2.06. The van der Waals surface area contributed by atoms with E-state index in [4.69, 9.17) is 23.2 Å². The fourth-order valence-corrected chi connectivity index (χ4v) is 3.36. The van der Waals surface area contributed by atoms with Crippen molar-refractivity contribution in [3.63, 3.8) is 0 Å². The van der Waals surface area contributed by atoms with E-state index >= 15 is 0 Å². The second-order valence-electron chi connectivity index (χ2n) is 2.86. The van der Waals surface area contributed by atoms with Crippen molar-refractivity contribution in [3.05, 3.63) is 34.0 Å². The first kappa shape index (κ1) is 12.6. The van der Waals surface area contributed by atoms with Crippen molar-refractivity contribution in [2.45, 2.75) is 4.21 Å². The molecule has 9 heteroatoms. The Hall–Kier alpha value is -0.890. The van der Waals surface area contributed by atoms with E-state index in [2.05, 4.69) is 14.7 Å². The van der Waals surface area contributed by atoms with Crippen molar-refractivity contribution in [1.82, 2.24) is 9.97 Å². The van der Waals surface area contributed by atoms with Crippen LogP contribution in [0.1, 0.15) is 0 Å². The van der Waals surface area contributed by atoms with E-state index in [-0.39, 0.29) is 20.2 Å². The van der Waals surface area contributed by atoms with E-state index in [1.165, 1.54) is 6.07 Å². The maximum atomic E-state index is 11.9. The minimum absolute atomic E-state index is 0.00875. The van der Waals surface area contributed by atoms with Crippen LogP contribution in [-0.2, 0) is 10.0 Å². The van der Waals surface area contributed by atoms with Crippen LogP contribution in [0.3, 0.4) is 0 Å². The second kappa shape index (κ2) is 4.77. The van der Waals surface area contributed by atoms with Gasteiger partial charge in [0.25, 0.3) is 10.0 Å². The highest BCUT2D eigenvalue weighted by atomic mass is 35.5. The zero-order valence-electron chi connectivity index (χ0n) is 8.09. The summed E-state index contributed by atoms with van der Waals surface area (Å²) in [5.41, 5.74) is 0. The molecule has 5 nitrogen and oxygen atoms in total. The lowest BCUT2D eigenvalue weighted by atomic mass is 10.6. The zero-order chi connectivity index (χ0) is 12.5. The van der Waals surface area contributed by atoms with Gasteiger partial charge in [-0.15, -0.1) is 11.3 Å². The largest absolute Gasteiger partial charge is 0.272 e. The summed E-state index contributed by atoms with van der Waals surface area (Å²) in [5.74, 6) is -0.0416. The SMILES string of the molecule is O=S(=O)(Nc1ncnc(Cl)c1Cl)c1cccs1. The molecule has 0 unspecified atom stereocenters. The van der Waals surface area contributed by atoms with Gasteiger partial charge in [-0.3, -0.25) is 4.72 Å². The van der Waals surface area contributed by atoms with Gasteiger partial charge in [0.2, 0.25) is 0 Å². The zero-order valence-corrected chi connectivity index (χ0v) is 11.2. The first-order valence-corrected chi connectivity index (χ1v) is 7.35. The molecule has 0 radical (unpaired) electrons. The summed E-state index contributed by atoms with van der Waals surface area (Å²) in [6, 6.07) is 3.11. The Morgan fingerprint density at radius 2 is 2.06 bits per heavy atom. The molecule has 2 heterocycles. The normalized spacial score (nSPS) is 11.4. The van der Waals surface area contributed by atoms with Crippen LogP contribution in [0, 0.1) is 0 Å². The number of anilines is 1. The Kier molecular flexibility index (Phi) is 3.53. The molecule has 2 rings (SSSR count). The van der Waals surface area contributed by atoms with Gasteiger partial charge < -0.3 is 0 Å². The molecule has 0 atom stereocenters. The number of sulfonamides is 1. The van der Waals surface area contributed by atoms with Crippen LogP contribution in [0.15, 0.2) is 28.0 Å². The van der Waals surface area contributed by atoms with E-state index in [0.717, 1.165) is 17.7 Å². The standard InChI is InChI=1S/C8H5Cl2N3O2S2/c9-6-7(10)11-4-12-8(6)13-17(14,15)5-2-1-3-16-5/h1-4H,(H,11,12,13). The smallest absolute Gasteiger partial charge is 0.261 e. The molecule has 0 saturated heterocycles. The molecule has 17 heavy (non-hydrogen) atoms. The summed E-state index contributed by atoms with van der Waals surface area (Å²) < 4.78 is 26.1. The summed E-state index contributed by atoms with van der Waals surface area (Å²) in [7, 11) is -3.67. The molecule has 0 bridgehead atoms. The summed E-state index contributed by atoms with van der Waals surface area (Å²) in [6.45, 7) is 0. The molecular weight excluding hydrogens is 305 g/mol. The fourth-order valence-electron chi connectivity index (χ4n) is 1.01. The lowest BCUT2D eigenvalue weighted by Crippen LogP contribution is -2.13. The van der Waals surface area contributed by atoms with Crippen LogP contribution < -0.4 is 4.72 Å². The average molecular weight is 310 g/mol. The second-order valence-corrected chi connectivity index (χ2v) is 6.46. The quantitative estimate of drug-likeness (QED) is 0.885. The molecule has 0 saturated carbocycles. The average Bonchev–Trinajstić information content (AvgIpc) is 2.78. The Bertz CT molecular complexity index is 628. The number of nitrogens with zero attached hydrogens (tertiary/aromatic N) is 2. The van der Waals surface area contributed by atoms with Crippen LogP contribution in [0.4, 0.5) is 5.82 Å². The van der Waals surface area contributed by atoms with E-state index in [9.17, 15) is 8.42 Å². The molecule has 1 N–H and O–H groups in total. The van der Waals surface area contributed by atoms with Gasteiger partial charge in [0.15, 0.2) is 11.0 Å². The predicted octanol–water partition coefficient (Wildman–Crippen LogP) is 2.65. The molecule has 0 spiro atoms. The third-order valence-electron chi connectivity index (χ3n) is 1.74. The summed E-state index contributed by atoms with van der Waals surface area (Å²) in [5, 5.41) is 1.61. The van der Waals surface area contributed by atoms with Crippen LogP contribution >= 0.6 is 34.5 Å². The molecule has 0 aromatic carbocycles. The molecule has 0 fully saturated rings. The highest BCUT2D eigenvalue weighted by Gasteiger charge is 2.18. The van der Waals surface area contributed by atoms with Gasteiger partial charge in [0.05, 0.1) is 0 Å². The molecule has 0 aliphatic rings. The van der Waals surface area contributed by atoms with Crippen molar-refractivity contribution in [1.29, 1.82) is 0 Å². The number of hydrogen-bond acceptors (Lipinski definition) is 5. The van der Waals surface area contributed by atoms with E-state index in [1.807, 2.05) is 0 Å². The Labute approximate surface area is 111 Å². The monoisotopic (exact) mass is 309 g/mol. The van der Waals surface area contributed by atoms with Gasteiger partial charge in [0.1, 0.15) is 15.6 Å². The van der Waals surface area contributed by atoms with Gasteiger partial charge in [-0.1, -0.05) is 29.3 Å². The van der Waals surface area contributed by atoms with Crippen molar-refractivity contribution in [2.75, 3.05) is 4.72 Å². The highest BCUT2D eigenvalue weighted by molar-refractivity contribution is 7.94. The van der Waals surface area contributed by atoms with E-state index < -0.39 is 10.0 Å². The number of nitrogens with one attached hydrogen (secondary N) is 1. The number of rotatable bonds is 3. The van der Waals surface area contributed by atoms with Crippen molar-refractivity contribution in [3.8, 4) is 0 Å². The number of aromatic nitrogens is 2. The van der Waals surface area contributed by atoms with Crippen LogP contribution in [-0.4, -0.2) is 18.4 Å². The summed E-state index contributed by atoms with van der Waals surface area (Å²) >= 11 is 12.5. The molecule has 0 aliphatic carbocycles. The number of hydrogen-bond donors (Lipinski definition) is 1. The van der Waals surface area contributed by atoms with Crippen molar-refractivity contribution >= 4 is 50.4 Å². The maximum absolute atomic E-state index is 11.9. The first-order valence-electron chi connectivity index (χ1n) is 4.23. The van der Waals surface area contributed by atoms with E-state index in [1.54, 1.807) is 11.4 Å². The van der Waals surface area contributed by atoms with Gasteiger partial charge in [-0.2, -0.15) is 0 Å². The molecule has 0 aliphatic heterocycles. The Morgan fingerprint density at radius 3 is 2.71 bits per heavy atom.